The van der Waals surface area contributed by atoms with Crippen LogP contribution >= 0.6 is 11.6 Å². The normalized spacial score (nSPS) is 11.4. The van der Waals surface area contributed by atoms with Gasteiger partial charge in [-0.15, -0.1) is 0 Å². The van der Waals surface area contributed by atoms with E-state index < -0.39 is 5.91 Å². The number of hydrogen-bond acceptors (Lipinski definition) is 2. The molecule has 164 valence electrons. The van der Waals surface area contributed by atoms with Gasteiger partial charge in [0.2, 0.25) is 0 Å². The molecule has 0 aliphatic heterocycles. The summed E-state index contributed by atoms with van der Waals surface area (Å²) in [6, 6.07) is 21.5. The zero-order valence-corrected chi connectivity index (χ0v) is 18.9. The first-order valence-corrected chi connectivity index (χ1v) is 10.8. The first-order chi connectivity index (χ1) is 15.9. The molecule has 0 fully saturated rings. The monoisotopic (exact) mass is 457 g/mol. The third-order valence-corrected chi connectivity index (χ3v) is 6.06. The number of hydrogen-bond donors (Lipinski definition) is 1. The molecule has 1 aromatic heterocycles. The summed E-state index contributed by atoms with van der Waals surface area (Å²) in [6.45, 7) is 4.11. The number of fused-ring (bicyclic) bond motifs is 1. The lowest BCUT2D eigenvalue weighted by atomic mass is 10.1. The van der Waals surface area contributed by atoms with Crippen LogP contribution in [0.3, 0.4) is 0 Å². The van der Waals surface area contributed by atoms with Crippen molar-refractivity contribution in [2.24, 2.45) is 0 Å². The second-order valence-corrected chi connectivity index (χ2v) is 8.19. The van der Waals surface area contributed by atoms with E-state index in [0.29, 0.717) is 22.8 Å². The van der Waals surface area contributed by atoms with Crippen molar-refractivity contribution in [2.75, 3.05) is 5.32 Å². The van der Waals surface area contributed by atoms with Crippen molar-refractivity contribution in [3.63, 3.8) is 0 Å². The van der Waals surface area contributed by atoms with E-state index in [1.54, 1.807) is 42.5 Å². The highest BCUT2D eigenvalue weighted by molar-refractivity contribution is 6.31. The van der Waals surface area contributed by atoms with E-state index in [2.05, 4.69) is 5.32 Å². The van der Waals surface area contributed by atoms with Crippen molar-refractivity contribution in [1.82, 2.24) is 4.57 Å². The Morgan fingerprint density at radius 3 is 2.58 bits per heavy atom. The van der Waals surface area contributed by atoms with Gasteiger partial charge in [-0.05, 0) is 49.8 Å². The highest BCUT2D eigenvalue weighted by Gasteiger charge is 2.17. The fourth-order valence-corrected chi connectivity index (χ4v) is 3.98. The topological polar surface area (TPSA) is 57.8 Å². The molecule has 1 amide bonds. The third-order valence-electron chi connectivity index (χ3n) is 5.65. The van der Waals surface area contributed by atoms with Gasteiger partial charge in [0.05, 0.1) is 6.54 Å². The fraction of sp³-hybridized carbons (Fsp3) is 0.111. The van der Waals surface area contributed by atoms with Crippen molar-refractivity contribution in [2.45, 2.75) is 20.4 Å². The highest BCUT2D eigenvalue weighted by atomic mass is 35.5. The minimum atomic E-state index is -0.525. The Kier molecular flexibility index (Phi) is 6.30. The largest absolute Gasteiger partial charge is 0.340 e. The maximum absolute atomic E-state index is 14.3. The van der Waals surface area contributed by atoms with E-state index in [4.69, 9.17) is 11.6 Å². The van der Waals surface area contributed by atoms with Crippen LogP contribution in [0.1, 0.15) is 22.4 Å². The molecule has 33 heavy (non-hydrogen) atoms. The Bertz CT molecular complexity index is 1450. The first kappa shape index (κ1) is 22.3. The molecule has 0 saturated carbocycles. The number of rotatable bonds is 5. The van der Waals surface area contributed by atoms with E-state index >= 15 is 0 Å². The van der Waals surface area contributed by atoms with Gasteiger partial charge in [0.15, 0.2) is 0 Å². The number of nitrogens with one attached hydrogen (secondary N) is 1. The predicted octanol–water partition coefficient (Wildman–Crippen LogP) is 6.64. The predicted molar refractivity (Wildman–Crippen MR) is 131 cm³/mol. The van der Waals surface area contributed by atoms with Crippen LogP contribution in [0.2, 0.25) is 5.02 Å². The molecule has 1 heterocycles. The fourth-order valence-electron chi connectivity index (χ4n) is 3.80. The van der Waals surface area contributed by atoms with Gasteiger partial charge in [-0.3, -0.25) is 4.79 Å². The Balaban J connectivity index is 1.74. The van der Waals surface area contributed by atoms with Crippen LogP contribution < -0.4 is 5.32 Å². The Morgan fingerprint density at radius 2 is 1.85 bits per heavy atom. The molecule has 4 aromatic rings. The maximum Gasteiger partial charge on any atom is 0.266 e. The second-order valence-electron chi connectivity index (χ2n) is 7.78. The first-order valence-electron chi connectivity index (χ1n) is 10.4. The van der Waals surface area contributed by atoms with Crippen LogP contribution in [0, 0.1) is 31.0 Å². The highest BCUT2D eigenvalue weighted by Crippen LogP contribution is 2.29. The van der Waals surface area contributed by atoms with Gasteiger partial charge in [-0.25, -0.2) is 4.39 Å². The number of amides is 1. The summed E-state index contributed by atoms with van der Waals surface area (Å²) < 4.78 is 16.3. The molecule has 0 unspecified atom stereocenters. The Hall–Kier alpha value is -3.88. The molecule has 0 spiro atoms. The summed E-state index contributed by atoms with van der Waals surface area (Å²) in [5, 5.41) is 13.9. The van der Waals surface area contributed by atoms with Crippen molar-refractivity contribution >= 4 is 40.2 Å². The van der Waals surface area contributed by atoms with Gasteiger partial charge in [0.25, 0.3) is 5.91 Å². The van der Waals surface area contributed by atoms with Gasteiger partial charge < -0.3 is 9.88 Å². The lowest BCUT2D eigenvalue weighted by Crippen LogP contribution is -2.13. The van der Waals surface area contributed by atoms with Crippen LogP contribution in [0.5, 0.6) is 0 Å². The summed E-state index contributed by atoms with van der Waals surface area (Å²) >= 11 is 6.15. The number of carbonyl (C=O) groups is 1. The molecule has 0 radical (unpaired) electrons. The van der Waals surface area contributed by atoms with Crippen LogP contribution in [0.25, 0.3) is 17.0 Å². The number of carbonyl (C=O) groups excluding carboxylic acids is 1. The Morgan fingerprint density at radius 1 is 1.12 bits per heavy atom. The molecule has 0 aliphatic rings. The number of aromatic nitrogens is 1. The number of halogens is 2. The molecular formula is C27H21ClFN3O. The van der Waals surface area contributed by atoms with Gasteiger partial charge in [0.1, 0.15) is 17.5 Å². The summed E-state index contributed by atoms with van der Waals surface area (Å²) in [5.41, 5.74) is 4.40. The summed E-state index contributed by atoms with van der Waals surface area (Å²) in [5.74, 6) is -0.802. The van der Waals surface area contributed by atoms with Crippen LogP contribution in [0.4, 0.5) is 10.1 Å². The SMILES string of the molecule is Cc1ccc(NC(=O)/C(C#N)=C\c2c(C)n(Cc3ccccc3F)c3ccccc23)cc1Cl. The molecule has 4 nitrogen and oxygen atoms in total. The zero-order chi connectivity index (χ0) is 23.5. The number of aryl methyl sites for hydroxylation is 1. The average Bonchev–Trinajstić information content (AvgIpc) is 3.07. The minimum Gasteiger partial charge on any atom is -0.340 e. The van der Waals surface area contributed by atoms with Gasteiger partial charge in [-0.1, -0.05) is 54.1 Å². The van der Waals surface area contributed by atoms with E-state index in [1.165, 1.54) is 6.07 Å². The number of nitrogens with zero attached hydrogens (tertiary/aromatic N) is 2. The zero-order valence-electron chi connectivity index (χ0n) is 18.2. The summed E-state index contributed by atoms with van der Waals surface area (Å²) in [7, 11) is 0. The summed E-state index contributed by atoms with van der Waals surface area (Å²) in [6.07, 6.45) is 1.58. The molecule has 0 bridgehead atoms. The Labute approximate surface area is 196 Å². The van der Waals surface area contributed by atoms with Gasteiger partial charge in [-0.2, -0.15) is 5.26 Å². The van der Waals surface area contributed by atoms with E-state index in [1.807, 2.05) is 48.7 Å². The van der Waals surface area contributed by atoms with Crippen molar-refractivity contribution in [3.05, 3.63) is 106 Å². The standard InChI is InChI=1S/C27H21ClFN3O/c1-17-11-12-21(14-24(17)28)31-27(33)20(15-30)13-23-18(2)32(26-10-6-4-8-22(23)26)16-19-7-3-5-9-25(19)29/h3-14H,16H2,1-2H3,(H,31,33)/b20-13-. The van der Waals surface area contributed by atoms with E-state index in [0.717, 1.165) is 27.7 Å². The smallest absolute Gasteiger partial charge is 0.266 e. The molecule has 6 heteroatoms. The van der Waals surface area contributed by atoms with Crippen LogP contribution in [-0.2, 0) is 11.3 Å². The summed E-state index contributed by atoms with van der Waals surface area (Å²) in [4.78, 5) is 12.8. The second kappa shape index (κ2) is 9.32. The molecule has 0 aliphatic carbocycles. The molecule has 3 aromatic carbocycles. The van der Waals surface area contributed by atoms with Gasteiger partial charge in [0, 0.05) is 38.4 Å². The van der Waals surface area contributed by atoms with Crippen molar-refractivity contribution in [3.8, 4) is 6.07 Å². The van der Waals surface area contributed by atoms with E-state index in [-0.39, 0.29) is 11.4 Å². The van der Waals surface area contributed by atoms with Crippen LogP contribution in [-0.4, -0.2) is 10.5 Å². The number of para-hydroxylation sites is 1. The van der Waals surface area contributed by atoms with Crippen LogP contribution in [0.15, 0.2) is 72.3 Å². The quantitative estimate of drug-likeness (QED) is 0.269. The lowest BCUT2D eigenvalue weighted by Gasteiger charge is -2.10. The number of benzene rings is 3. The van der Waals surface area contributed by atoms with Gasteiger partial charge >= 0.3 is 0 Å². The average molecular weight is 458 g/mol. The molecule has 1 N–H and O–H groups in total. The third kappa shape index (κ3) is 4.52. The number of anilines is 1. The molecule has 0 atom stereocenters. The number of nitriles is 1. The van der Waals surface area contributed by atoms with Crippen molar-refractivity contribution in [1.29, 1.82) is 5.26 Å². The maximum atomic E-state index is 14.3. The molecule has 4 rings (SSSR count). The van der Waals surface area contributed by atoms with Crippen molar-refractivity contribution < 1.29 is 9.18 Å². The van der Waals surface area contributed by atoms with E-state index in [9.17, 15) is 14.4 Å². The molecule has 0 saturated heterocycles. The minimum absolute atomic E-state index is 0.0383. The molecular weight excluding hydrogens is 437 g/mol. The lowest BCUT2D eigenvalue weighted by molar-refractivity contribution is -0.112.